The first-order chi connectivity index (χ1) is 16.0. The van der Waals surface area contributed by atoms with E-state index in [1.807, 2.05) is 38.1 Å². The van der Waals surface area contributed by atoms with Crippen LogP contribution in [-0.2, 0) is 0 Å². The molecule has 3 nitrogen and oxygen atoms in total. The maximum atomic E-state index is 9.19. The molecule has 158 valence electrons. The molecule has 4 aromatic carbocycles. The van der Waals surface area contributed by atoms with Crippen molar-refractivity contribution in [1.29, 1.82) is 5.26 Å². The van der Waals surface area contributed by atoms with Crippen LogP contribution in [0.2, 0.25) is 0 Å². The number of aryl methyl sites for hydroxylation is 2. The van der Waals surface area contributed by atoms with E-state index < -0.39 is 0 Å². The van der Waals surface area contributed by atoms with Gasteiger partial charge in [-0.1, -0.05) is 72.8 Å². The van der Waals surface area contributed by atoms with Crippen LogP contribution in [0.4, 0.5) is 0 Å². The molecule has 5 rings (SSSR count). The second kappa shape index (κ2) is 8.33. The van der Waals surface area contributed by atoms with Crippen LogP contribution in [0.3, 0.4) is 0 Å². The highest BCUT2D eigenvalue weighted by molar-refractivity contribution is 6.04. The smallest absolute Gasteiger partial charge is 0.126 e. The molecule has 0 N–H and O–H groups in total. The molecule has 0 amide bonds. The third-order valence-corrected chi connectivity index (χ3v) is 6.20. The van der Waals surface area contributed by atoms with E-state index in [9.17, 15) is 5.26 Å². The first-order valence-corrected chi connectivity index (χ1v) is 11.0. The predicted molar refractivity (Wildman–Crippen MR) is 135 cm³/mol. The summed E-state index contributed by atoms with van der Waals surface area (Å²) in [6.07, 6.45) is 0. The summed E-state index contributed by atoms with van der Waals surface area (Å²) in [6, 6.07) is 31.5. The lowest BCUT2D eigenvalue weighted by Crippen LogP contribution is -1.99. The van der Waals surface area contributed by atoms with Gasteiger partial charge in [0.2, 0.25) is 0 Å². The molecule has 0 fully saturated rings. The minimum Gasteiger partial charge on any atom is -0.238 e. The molecule has 0 atom stereocenters. The van der Waals surface area contributed by atoms with Gasteiger partial charge >= 0.3 is 0 Å². The van der Waals surface area contributed by atoms with Gasteiger partial charge in [0.15, 0.2) is 0 Å². The van der Waals surface area contributed by atoms with Gasteiger partial charge in [-0.2, -0.15) is 5.26 Å². The zero-order valence-electron chi connectivity index (χ0n) is 18.9. The van der Waals surface area contributed by atoms with Crippen molar-refractivity contribution in [2.45, 2.75) is 20.8 Å². The molecule has 5 aromatic rings. The molecule has 33 heavy (non-hydrogen) atoms. The lowest BCUT2D eigenvalue weighted by molar-refractivity contribution is 0.992. The molecule has 0 bridgehead atoms. The molecule has 0 unspecified atom stereocenters. The maximum Gasteiger partial charge on any atom is 0.126 e. The minimum atomic E-state index is 0.663. The summed E-state index contributed by atoms with van der Waals surface area (Å²) < 4.78 is 0. The van der Waals surface area contributed by atoms with Crippen LogP contribution in [0, 0.1) is 32.1 Å². The summed E-state index contributed by atoms with van der Waals surface area (Å²) >= 11 is 0. The SMILES string of the molecule is Cc1nc(C)c(C)c(-c2ccc(-c3c(-c4ccc(C#N)cc4)ccc4ccccc34)cc2)n1. The zero-order chi connectivity index (χ0) is 22.9. The predicted octanol–water partition coefficient (Wildman–Crippen LogP) is 7.43. The van der Waals surface area contributed by atoms with E-state index in [1.54, 1.807) is 0 Å². The van der Waals surface area contributed by atoms with Crippen molar-refractivity contribution in [3.05, 3.63) is 108 Å². The van der Waals surface area contributed by atoms with Crippen LogP contribution >= 0.6 is 0 Å². The fourth-order valence-electron chi connectivity index (χ4n) is 4.39. The van der Waals surface area contributed by atoms with Crippen LogP contribution in [0.5, 0.6) is 0 Å². The minimum absolute atomic E-state index is 0.663. The summed E-state index contributed by atoms with van der Waals surface area (Å²) in [7, 11) is 0. The van der Waals surface area contributed by atoms with Crippen molar-refractivity contribution in [3.63, 3.8) is 0 Å². The Morgan fingerprint density at radius 2 is 1.33 bits per heavy atom. The second-order valence-electron chi connectivity index (χ2n) is 8.31. The van der Waals surface area contributed by atoms with Crippen molar-refractivity contribution < 1.29 is 0 Å². The van der Waals surface area contributed by atoms with Crippen molar-refractivity contribution in [2.75, 3.05) is 0 Å². The Hall–Kier alpha value is -4.29. The van der Waals surface area contributed by atoms with Crippen LogP contribution in [0.1, 0.15) is 22.6 Å². The van der Waals surface area contributed by atoms with Crippen molar-refractivity contribution >= 4 is 10.8 Å². The summed E-state index contributed by atoms with van der Waals surface area (Å²) in [5.74, 6) is 0.786. The third kappa shape index (κ3) is 3.77. The summed E-state index contributed by atoms with van der Waals surface area (Å²) in [6.45, 7) is 6.04. The van der Waals surface area contributed by atoms with Gasteiger partial charge in [0.05, 0.1) is 17.3 Å². The first-order valence-electron chi connectivity index (χ1n) is 11.0. The zero-order valence-corrected chi connectivity index (χ0v) is 18.9. The number of nitrogens with zero attached hydrogens (tertiary/aromatic N) is 3. The Labute approximate surface area is 194 Å². The van der Waals surface area contributed by atoms with Gasteiger partial charge in [-0.25, -0.2) is 9.97 Å². The molecule has 0 aliphatic rings. The van der Waals surface area contributed by atoms with Gasteiger partial charge in [-0.15, -0.1) is 0 Å². The van der Waals surface area contributed by atoms with E-state index >= 15 is 0 Å². The standard InChI is InChI=1S/C30H23N3/c1-19-20(2)32-21(3)33-30(19)26-14-12-25(13-15-26)29-27-7-5-4-6-23(27)16-17-28(29)24-10-8-22(18-31)9-11-24/h4-17H,1-3H3. The Morgan fingerprint density at radius 1 is 0.667 bits per heavy atom. The summed E-state index contributed by atoms with van der Waals surface area (Å²) in [5, 5.41) is 11.6. The van der Waals surface area contributed by atoms with Crippen molar-refractivity contribution in [2.24, 2.45) is 0 Å². The van der Waals surface area contributed by atoms with Gasteiger partial charge in [-0.05, 0) is 71.5 Å². The molecule has 0 aliphatic heterocycles. The van der Waals surface area contributed by atoms with Crippen LogP contribution < -0.4 is 0 Å². The van der Waals surface area contributed by atoms with E-state index in [-0.39, 0.29) is 0 Å². The summed E-state index contributed by atoms with van der Waals surface area (Å²) in [5.41, 5.74) is 9.44. The Balaban J connectivity index is 1.69. The van der Waals surface area contributed by atoms with E-state index in [1.165, 1.54) is 16.3 Å². The Kier molecular flexibility index (Phi) is 5.20. The number of nitriles is 1. The molecular formula is C30H23N3. The number of rotatable bonds is 3. The molecule has 1 heterocycles. The van der Waals surface area contributed by atoms with E-state index in [0.29, 0.717) is 5.56 Å². The number of hydrogen-bond donors (Lipinski definition) is 0. The van der Waals surface area contributed by atoms with E-state index in [4.69, 9.17) is 4.98 Å². The average Bonchev–Trinajstić information content (AvgIpc) is 2.86. The Morgan fingerprint density at radius 3 is 2.06 bits per heavy atom. The highest BCUT2D eigenvalue weighted by Crippen LogP contribution is 2.39. The molecule has 0 spiro atoms. The van der Waals surface area contributed by atoms with Crippen LogP contribution in [0.15, 0.2) is 84.9 Å². The fourth-order valence-corrected chi connectivity index (χ4v) is 4.39. The lowest BCUT2D eigenvalue weighted by Gasteiger charge is -2.15. The number of fused-ring (bicyclic) bond motifs is 1. The fraction of sp³-hybridized carbons (Fsp3) is 0.100. The third-order valence-electron chi connectivity index (χ3n) is 6.20. The number of benzene rings is 4. The lowest BCUT2D eigenvalue weighted by atomic mass is 9.89. The molecular weight excluding hydrogens is 402 g/mol. The molecule has 1 aromatic heterocycles. The molecule has 0 saturated heterocycles. The largest absolute Gasteiger partial charge is 0.238 e. The molecule has 3 heteroatoms. The van der Waals surface area contributed by atoms with Crippen molar-refractivity contribution in [1.82, 2.24) is 9.97 Å². The maximum absolute atomic E-state index is 9.19. The van der Waals surface area contributed by atoms with Gasteiger partial charge in [0, 0.05) is 11.3 Å². The molecule has 0 radical (unpaired) electrons. The molecule has 0 saturated carbocycles. The molecule has 0 aliphatic carbocycles. The second-order valence-corrected chi connectivity index (χ2v) is 8.31. The monoisotopic (exact) mass is 425 g/mol. The topological polar surface area (TPSA) is 49.6 Å². The highest BCUT2D eigenvalue weighted by atomic mass is 14.9. The van der Waals surface area contributed by atoms with Crippen LogP contribution in [0.25, 0.3) is 44.3 Å². The Bertz CT molecular complexity index is 1520. The van der Waals surface area contributed by atoms with Gasteiger partial charge in [-0.3, -0.25) is 0 Å². The van der Waals surface area contributed by atoms with Gasteiger partial charge < -0.3 is 0 Å². The summed E-state index contributed by atoms with van der Waals surface area (Å²) in [4.78, 5) is 9.19. The van der Waals surface area contributed by atoms with Gasteiger partial charge in [0.25, 0.3) is 0 Å². The van der Waals surface area contributed by atoms with E-state index in [0.717, 1.165) is 45.0 Å². The normalized spacial score (nSPS) is 10.8. The first kappa shape index (κ1) is 20.6. The van der Waals surface area contributed by atoms with Gasteiger partial charge in [0.1, 0.15) is 5.82 Å². The van der Waals surface area contributed by atoms with Crippen LogP contribution in [-0.4, -0.2) is 9.97 Å². The number of aromatic nitrogens is 2. The highest BCUT2D eigenvalue weighted by Gasteiger charge is 2.14. The van der Waals surface area contributed by atoms with Crippen molar-refractivity contribution in [3.8, 4) is 39.6 Å². The quantitative estimate of drug-likeness (QED) is 0.302. The average molecular weight is 426 g/mol. The van der Waals surface area contributed by atoms with E-state index in [2.05, 4.69) is 78.6 Å². The number of hydrogen-bond acceptors (Lipinski definition) is 3.